The molecule has 0 unspecified atom stereocenters. The molecule has 0 N–H and O–H groups in total. The van der Waals surface area contributed by atoms with Gasteiger partial charge in [-0.05, 0) is 54.2 Å². The number of ether oxygens (including phenoxy) is 1. The highest BCUT2D eigenvalue weighted by atomic mass is 79.9. The lowest BCUT2D eigenvalue weighted by Crippen LogP contribution is -2.13. The predicted molar refractivity (Wildman–Crippen MR) is 96.8 cm³/mol. The van der Waals surface area contributed by atoms with Crippen LogP contribution in [0.4, 0.5) is 0 Å². The number of benzene rings is 1. The van der Waals surface area contributed by atoms with Crippen LogP contribution in [0.5, 0.6) is 5.75 Å². The molecule has 0 spiro atoms. The molecule has 4 nitrogen and oxygen atoms in total. The maximum atomic E-state index is 12.0. The van der Waals surface area contributed by atoms with Crippen LogP contribution < -0.4 is 4.74 Å². The summed E-state index contributed by atoms with van der Waals surface area (Å²) in [5, 5.41) is 10.0. The summed E-state index contributed by atoms with van der Waals surface area (Å²) in [4.78, 5) is 12.0. The van der Waals surface area contributed by atoms with E-state index in [9.17, 15) is 4.79 Å². The SMILES string of the molecule is CCCC(=O)Oc1c(C)n(CC2(CC#N)CC2)c2cccc(Br)c12. The lowest BCUT2D eigenvalue weighted by atomic mass is 10.0. The van der Waals surface area contributed by atoms with Gasteiger partial charge in [0.15, 0.2) is 5.75 Å². The molecule has 1 aliphatic rings. The molecule has 1 aromatic carbocycles. The Morgan fingerprint density at radius 3 is 2.83 bits per heavy atom. The molecule has 5 heteroatoms. The Hall–Kier alpha value is -1.80. The summed E-state index contributed by atoms with van der Waals surface area (Å²) in [6.45, 7) is 4.75. The summed E-state index contributed by atoms with van der Waals surface area (Å²) >= 11 is 3.59. The summed E-state index contributed by atoms with van der Waals surface area (Å²) in [5.74, 6) is 0.442. The zero-order valence-electron chi connectivity index (χ0n) is 14.1. The minimum atomic E-state index is -0.200. The topological polar surface area (TPSA) is 55.0 Å². The Kier molecular flexibility index (Phi) is 4.69. The number of carbonyl (C=O) groups is 1. The number of esters is 1. The van der Waals surface area contributed by atoms with Gasteiger partial charge < -0.3 is 9.30 Å². The first-order valence-corrected chi connectivity index (χ1v) is 9.15. The van der Waals surface area contributed by atoms with Crippen molar-refractivity contribution in [1.82, 2.24) is 4.57 Å². The fourth-order valence-corrected chi connectivity index (χ4v) is 3.75. The van der Waals surface area contributed by atoms with Crippen LogP contribution in [0, 0.1) is 23.7 Å². The van der Waals surface area contributed by atoms with E-state index in [1.54, 1.807) is 0 Å². The minimum absolute atomic E-state index is 0.0818. The second-order valence-electron chi connectivity index (χ2n) is 6.69. The average Bonchev–Trinajstić information content (AvgIpc) is 3.25. The summed E-state index contributed by atoms with van der Waals surface area (Å²) in [6, 6.07) is 8.32. The number of carbonyl (C=O) groups excluding carboxylic acids is 1. The first-order chi connectivity index (χ1) is 11.5. The molecule has 0 atom stereocenters. The van der Waals surface area contributed by atoms with Gasteiger partial charge in [-0.1, -0.05) is 13.0 Å². The van der Waals surface area contributed by atoms with Crippen molar-refractivity contribution >= 4 is 32.8 Å². The standard InChI is InChI=1S/C19H21BrN2O2/c1-3-5-16(23)24-18-13(2)22(12-19(8-9-19)10-11-21)15-7-4-6-14(20)17(15)18/h4,6-7H,3,5,8-10,12H2,1-2H3. The Morgan fingerprint density at radius 1 is 1.46 bits per heavy atom. The monoisotopic (exact) mass is 388 g/mol. The normalized spacial score (nSPS) is 15.2. The molecule has 1 aromatic heterocycles. The van der Waals surface area contributed by atoms with Gasteiger partial charge in [0, 0.05) is 29.3 Å². The number of halogens is 1. The molecule has 3 rings (SSSR count). The number of fused-ring (bicyclic) bond motifs is 1. The van der Waals surface area contributed by atoms with E-state index in [2.05, 4.69) is 26.6 Å². The van der Waals surface area contributed by atoms with Gasteiger partial charge in [0.05, 0.1) is 22.7 Å². The number of rotatable bonds is 6. The molecule has 0 radical (unpaired) electrons. The molecular weight excluding hydrogens is 368 g/mol. The largest absolute Gasteiger partial charge is 0.424 e. The van der Waals surface area contributed by atoms with Gasteiger partial charge in [-0.25, -0.2) is 0 Å². The zero-order valence-corrected chi connectivity index (χ0v) is 15.6. The molecule has 1 fully saturated rings. The second-order valence-corrected chi connectivity index (χ2v) is 7.55. The number of hydrogen-bond donors (Lipinski definition) is 0. The number of nitrogens with zero attached hydrogens (tertiary/aromatic N) is 2. The van der Waals surface area contributed by atoms with Gasteiger partial charge in [-0.3, -0.25) is 4.79 Å². The van der Waals surface area contributed by atoms with Crippen LogP contribution in [0.25, 0.3) is 10.9 Å². The van der Waals surface area contributed by atoms with Gasteiger partial charge in [-0.15, -0.1) is 0 Å². The zero-order chi connectivity index (χ0) is 17.3. The molecule has 1 aliphatic carbocycles. The molecule has 1 saturated carbocycles. The fraction of sp³-hybridized carbons (Fsp3) is 0.474. The molecule has 0 saturated heterocycles. The molecule has 126 valence electrons. The minimum Gasteiger partial charge on any atom is -0.424 e. The quantitative estimate of drug-likeness (QED) is 0.645. The van der Waals surface area contributed by atoms with Crippen LogP contribution in [-0.2, 0) is 11.3 Å². The van der Waals surface area contributed by atoms with E-state index in [0.29, 0.717) is 18.6 Å². The van der Waals surface area contributed by atoms with Crippen molar-refractivity contribution in [3.05, 3.63) is 28.4 Å². The van der Waals surface area contributed by atoms with Crippen LogP contribution in [0.2, 0.25) is 0 Å². The number of hydrogen-bond acceptors (Lipinski definition) is 3. The Morgan fingerprint density at radius 2 is 2.21 bits per heavy atom. The van der Waals surface area contributed by atoms with Crippen molar-refractivity contribution in [2.45, 2.75) is 52.5 Å². The highest BCUT2D eigenvalue weighted by Crippen LogP contribution is 2.51. The lowest BCUT2D eigenvalue weighted by molar-refractivity contribution is -0.134. The predicted octanol–water partition coefficient (Wildman–Crippen LogP) is 5.11. The fourth-order valence-electron chi connectivity index (χ4n) is 3.21. The number of aromatic nitrogens is 1. The van der Waals surface area contributed by atoms with E-state index in [-0.39, 0.29) is 11.4 Å². The van der Waals surface area contributed by atoms with Crippen molar-refractivity contribution < 1.29 is 9.53 Å². The van der Waals surface area contributed by atoms with Gasteiger partial charge >= 0.3 is 5.97 Å². The van der Waals surface area contributed by atoms with E-state index >= 15 is 0 Å². The Balaban J connectivity index is 2.06. The third kappa shape index (κ3) is 3.08. The molecule has 24 heavy (non-hydrogen) atoms. The van der Waals surface area contributed by atoms with Crippen LogP contribution in [0.15, 0.2) is 22.7 Å². The van der Waals surface area contributed by atoms with Crippen LogP contribution in [-0.4, -0.2) is 10.5 Å². The van der Waals surface area contributed by atoms with E-state index in [1.165, 1.54) is 0 Å². The number of nitriles is 1. The summed E-state index contributed by atoms with van der Waals surface area (Å²) < 4.78 is 8.83. The molecular formula is C19H21BrN2O2. The smallest absolute Gasteiger partial charge is 0.311 e. The molecule has 0 amide bonds. The van der Waals surface area contributed by atoms with E-state index in [0.717, 1.165) is 46.9 Å². The van der Waals surface area contributed by atoms with Crippen molar-refractivity contribution in [1.29, 1.82) is 5.26 Å². The van der Waals surface area contributed by atoms with Crippen molar-refractivity contribution in [3.63, 3.8) is 0 Å². The van der Waals surface area contributed by atoms with Gasteiger partial charge in [0.1, 0.15) is 0 Å². The summed E-state index contributed by atoms with van der Waals surface area (Å²) in [5.41, 5.74) is 2.08. The van der Waals surface area contributed by atoms with Crippen LogP contribution in [0.3, 0.4) is 0 Å². The summed E-state index contributed by atoms with van der Waals surface area (Å²) in [7, 11) is 0. The van der Waals surface area contributed by atoms with Gasteiger partial charge in [-0.2, -0.15) is 5.26 Å². The molecule has 1 heterocycles. The maximum Gasteiger partial charge on any atom is 0.311 e. The maximum absolute atomic E-state index is 12.0. The third-order valence-corrected chi connectivity index (χ3v) is 5.48. The van der Waals surface area contributed by atoms with E-state index in [4.69, 9.17) is 10.00 Å². The van der Waals surface area contributed by atoms with E-state index < -0.39 is 0 Å². The summed E-state index contributed by atoms with van der Waals surface area (Å²) in [6.07, 6.45) is 3.92. The molecule has 2 aromatic rings. The first kappa shape index (κ1) is 17.0. The van der Waals surface area contributed by atoms with Gasteiger partial charge in [0.25, 0.3) is 0 Å². The first-order valence-electron chi connectivity index (χ1n) is 8.36. The highest BCUT2D eigenvalue weighted by molar-refractivity contribution is 9.10. The Bertz CT molecular complexity index is 828. The van der Waals surface area contributed by atoms with Crippen LogP contribution in [0.1, 0.15) is 44.7 Å². The van der Waals surface area contributed by atoms with Crippen molar-refractivity contribution in [2.75, 3.05) is 0 Å². The second kappa shape index (κ2) is 6.60. The third-order valence-electron chi connectivity index (χ3n) is 4.82. The van der Waals surface area contributed by atoms with E-state index in [1.807, 2.05) is 32.0 Å². The van der Waals surface area contributed by atoms with Crippen molar-refractivity contribution in [2.24, 2.45) is 5.41 Å². The highest BCUT2D eigenvalue weighted by Gasteiger charge is 2.43. The Labute approximate surface area is 150 Å². The van der Waals surface area contributed by atoms with Gasteiger partial charge in [0.2, 0.25) is 0 Å². The van der Waals surface area contributed by atoms with Crippen LogP contribution >= 0.6 is 15.9 Å². The molecule has 0 bridgehead atoms. The van der Waals surface area contributed by atoms with Crippen molar-refractivity contribution in [3.8, 4) is 11.8 Å². The average molecular weight is 389 g/mol. The molecule has 0 aliphatic heterocycles. The lowest BCUT2D eigenvalue weighted by Gasteiger charge is -2.15.